The van der Waals surface area contributed by atoms with Crippen LogP contribution in [0.25, 0.3) is 10.9 Å². The molecule has 1 aromatic heterocycles. The number of ether oxygens (including phenoxy) is 1. The number of ketones is 1. The quantitative estimate of drug-likeness (QED) is 0.771. The van der Waals surface area contributed by atoms with Crippen molar-refractivity contribution < 1.29 is 9.53 Å². The number of nitrogens with zero attached hydrogens (tertiary/aromatic N) is 1. The van der Waals surface area contributed by atoms with E-state index in [4.69, 9.17) is 4.74 Å². The molecule has 0 amide bonds. The summed E-state index contributed by atoms with van der Waals surface area (Å²) in [4.78, 5) is 11.9. The van der Waals surface area contributed by atoms with Crippen LogP contribution in [0.2, 0.25) is 0 Å². The van der Waals surface area contributed by atoms with E-state index in [2.05, 4.69) is 18.4 Å². The number of carbonyl (C=O) groups is 1. The number of rotatable bonds is 3. The summed E-state index contributed by atoms with van der Waals surface area (Å²) in [5, 5.41) is 0.980. The molecule has 2 rings (SSSR count). The fourth-order valence-electron chi connectivity index (χ4n) is 2.66. The highest BCUT2D eigenvalue weighted by Gasteiger charge is 2.19. The standard InChI is InChI=1S/C15H19NO2/c1-9(2)16-10(3)15(11(4)17)13-8-12(18-5)6-7-14(13)16/h6-9H,1-5H3. The molecule has 2 aromatic rings. The fourth-order valence-corrected chi connectivity index (χ4v) is 2.66. The highest BCUT2D eigenvalue weighted by Crippen LogP contribution is 2.31. The largest absolute Gasteiger partial charge is 0.497 e. The van der Waals surface area contributed by atoms with Crippen molar-refractivity contribution in [2.75, 3.05) is 7.11 Å². The minimum atomic E-state index is 0.102. The van der Waals surface area contributed by atoms with Crippen LogP contribution >= 0.6 is 0 Å². The molecule has 0 aliphatic rings. The lowest BCUT2D eigenvalue weighted by Crippen LogP contribution is -2.04. The molecule has 3 heteroatoms. The molecule has 0 N–H and O–H groups in total. The zero-order valence-corrected chi connectivity index (χ0v) is 11.6. The van der Waals surface area contributed by atoms with Crippen LogP contribution in [0.5, 0.6) is 5.75 Å². The van der Waals surface area contributed by atoms with Gasteiger partial charge in [0.15, 0.2) is 5.78 Å². The van der Waals surface area contributed by atoms with Gasteiger partial charge in [-0.25, -0.2) is 0 Å². The Balaban J connectivity index is 2.88. The number of methoxy groups -OCH3 is 1. The van der Waals surface area contributed by atoms with Crippen molar-refractivity contribution in [2.45, 2.75) is 33.7 Å². The van der Waals surface area contributed by atoms with Crippen LogP contribution in [0.3, 0.4) is 0 Å². The van der Waals surface area contributed by atoms with Crippen molar-refractivity contribution in [3.8, 4) is 5.75 Å². The summed E-state index contributed by atoms with van der Waals surface area (Å²) in [6.45, 7) is 7.87. The molecular formula is C15H19NO2. The van der Waals surface area contributed by atoms with E-state index in [1.54, 1.807) is 14.0 Å². The summed E-state index contributed by atoms with van der Waals surface area (Å²) >= 11 is 0. The van der Waals surface area contributed by atoms with E-state index in [-0.39, 0.29) is 5.78 Å². The third-order valence-corrected chi connectivity index (χ3v) is 3.32. The molecule has 0 saturated heterocycles. The van der Waals surface area contributed by atoms with Gasteiger partial charge in [0.25, 0.3) is 0 Å². The van der Waals surface area contributed by atoms with Crippen molar-refractivity contribution in [3.63, 3.8) is 0 Å². The Labute approximate surface area is 107 Å². The second-order valence-corrected chi connectivity index (χ2v) is 4.86. The van der Waals surface area contributed by atoms with Crippen LogP contribution in [0.1, 0.15) is 42.9 Å². The summed E-state index contributed by atoms with van der Waals surface area (Å²) in [7, 11) is 1.64. The first-order chi connectivity index (χ1) is 8.47. The van der Waals surface area contributed by atoms with Crippen molar-refractivity contribution in [3.05, 3.63) is 29.5 Å². The van der Waals surface area contributed by atoms with Crippen molar-refractivity contribution in [1.82, 2.24) is 4.57 Å². The molecular weight excluding hydrogens is 226 g/mol. The normalized spacial score (nSPS) is 11.2. The second-order valence-electron chi connectivity index (χ2n) is 4.86. The van der Waals surface area contributed by atoms with Crippen molar-refractivity contribution in [1.29, 1.82) is 0 Å². The van der Waals surface area contributed by atoms with Gasteiger partial charge in [-0.2, -0.15) is 0 Å². The molecule has 0 spiro atoms. The van der Waals surface area contributed by atoms with E-state index in [0.717, 1.165) is 27.9 Å². The zero-order valence-electron chi connectivity index (χ0n) is 11.6. The SMILES string of the molecule is COc1ccc2c(c1)c(C(C)=O)c(C)n2C(C)C. The molecule has 0 radical (unpaired) electrons. The lowest BCUT2D eigenvalue weighted by atomic mass is 10.1. The molecule has 3 nitrogen and oxygen atoms in total. The highest BCUT2D eigenvalue weighted by atomic mass is 16.5. The minimum Gasteiger partial charge on any atom is -0.497 e. The Morgan fingerprint density at radius 3 is 2.50 bits per heavy atom. The van der Waals surface area contributed by atoms with Gasteiger partial charge in [-0.3, -0.25) is 4.79 Å². The van der Waals surface area contributed by atoms with E-state index >= 15 is 0 Å². The Morgan fingerprint density at radius 1 is 1.33 bits per heavy atom. The number of Topliss-reactive ketones (excluding diaryl/α,β-unsaturated/α-hetero) is 1. The van der Waals surface area contributed by atoms with Gasteiger partial charge < -0.3 is 9.30 Å². The average Bonchev–Trinajstić information content (AvgIpc) is 2.59. The first kappa shape index (κ1) is 12.7. The molecule has 0 fully saturated rings. The van der Waals surface area contributed by atoms with Crippen molar-refractivity contribution in [2.24, 2.45) is 0 Å². The van der Waals surface area contributed by atoms with Gasteiger partial charge in [0.1, 0.15) is 5.75 Å². The van der Waals surface area contributed by atoms with E-state index in [0.29, 0.717) is 6.04 Å². The summed E-state index contributed by atoms with van der Waals surface area (Å²) in [5.41, 5.74) is 2.92. The molecule has 1 aromatic carbocycles. The predicted molar refractivity (Wildman–Crippen MR) is 73.6 cm³/mol. The smallest absolute Gasteiger partial charge is 0.162 e. The lowest BCUT2D eigenvalue weighted by molar-refractivity contribution is 0.101. The molecule has 1 heterocycles. The minimum absolute atomic E-state index is 0.102. The van der Waals surface area contributed by atoms with Crippen LogP contribution in [0.15, 0.2) is 18.2 Å². The number of fused-ring (bicyclic) bond motifs is 1. The highest BCUT2D eigenvalue weighted by molar-refractivity contribution is 6.08. The molecule has 0 bridgehead atoms. The van der Waals surface area contributed by atoms with E-state index in [1.165, 1.54) is 0 Å². The Morgan fingerprint density at radius 2 is 2.00 bits per heavy atom. The van der Waals surface area contributed by atoms with E-state index in [1.807, 2.05) is 25.1 Å². The summed E-state index contributed by atoms with van der Waals surface area (Å²) in [6, 6.07) is 6.23. The fraction of sp³-hybridized carbons (Fsp3) is 0.400. The van der Waals surface area contributed by atoms with Gasteiger partial charge in [-0.15, -0.1) is 0 Å². The molecule has 0 saturated carbocycles. The van der Waals surface area contributed by atoms with Crippen LogP contribution < -0.4 is 4.74 Å². The molecule has 0 atom stereocenters. The molecule has 0 aliphatic heterocycles. The summed E-state index contributed by atoms with van der Waals surface area (Å²) < 4.78 is 7.45. The molecule has 18 heavy (non-hydrogen) atoms. The Bertz CT molecular complexity index is 608. The monoisotopic (exact) mass is 245 g/mol. The first-order valence-electron chi connectivity index (χ1n) is 6.16. The number of carbonyl (C=O) groups excluding carboxylic acids is 1. The van der Waals surface area contributed by atoms with Gasteiger partial charge in [0.05, 0.1) is 7.11 Å². The molecule has 96 valence electrons. The van der Waals surface area contributed by atoms with Crippen LogP contribution in [-0.2, 0) is 0 Å². The topological polar surface area (TPSA) is 31.2 Å². The number of hydrogen-bond donors (Lipinski definition) is 0. The average molecular weight is 245 g/mol. The van der Waals surface area contributed by atoms with Crippen LogP contribution in [-0.4, -0.2) is 17.5 Å². The Kier molecular flexibility index (Phi) is 3.16. The number of hydrogen-bond acceptors (Lipinski definition) is 2. The predicted octanol–water partition coefficient (Wildman–Crippen LogP) is 3.74. The van der Waals surface area contributed by atoms with E-state index < -0.39 is 0 Å². The maximum absolute atomic E-state index is 11.9. The maximum atomic E-state index is 11.9. The number of aromatic nitrogens is 1. The number of benzene rings is 1. The zero-order chi connectivity index (χ0) is 13.4. The second kappa shape index (κ2) is 4.48. The summed E-state index contributed by atoms with van der Waals surface area (Å²) in [6.07, 6.45) is 0. The maximum Gasteiger partial charge on any atom is 0.162 e. The van der Waals surface area contributed by atoms with Crippen LogP contribution in [0.4, 0.5) is 0 Å². The van der Waals surface area contributed by atoms with Crippen molar-refractivity contribution >= 4 is 16.7 Å². The van der Waals surface area contributed by atoms with E-state index in [9.17, 15) is 4.79 Å². The van der Waals surface area contributed by atoms with Gasteiger partial charge >= 0.3 is 0 Å². The van der Waals surface area contributed by atoms with Gasteiger partial charge in [0, 0.05) is 28.2 Å². The third kappa shape index (κ3) is 1.80. The Hall–Kier alpha value is -1.77. The van der Waals surface area contributed by atoms with Gasteiger partial charge in [-0.1, -0.05) is 0 Å². The first-order valence-corrected chi connectivity index (χ1v) is 6.16. The van der Waals surface area contributed by atoms with Gasteiger partial charge in [0.2, 0.25) is 0 Å². The lowest BCUT2D eigenvalue weighted by Gasteiger charge is -2.12. The third-order valence-electron chi connectivity index (χ3n) is 3.32. The molecule has 0 aliphatic carbocycles. The van der Waals surface area contributed by atoms with Crippen LogP contribution in [0, 0.1) is 6.92 Å². The summed E-state index contributed by atoms with van der Waals surface area (Å²) in [5.74, 6) is 0.885. The molecule has 0 unspecified atom stereocenters. The van der Waals surface area contributed by atoms with Gasteiger partial charge in [-0.05, 0) is 45.9 Å².